The molecule has 0 saturated heterocycles. The first-order valence-corrected chi connectivity index (χ1v) is 9.37. The molecule has 2 aromatic carbocycles. The quantitative estimate of drug-likeness (QED) is 0.762. The molecule has 0 radical (unpaired) electrons. The highest BCUT2D eigenvalue weighted by Crippen LogP contribution is 2.33. The number of hydrogen-bond acceptors (Lipinski definition) is 4. The van der Waals surface area contributed by atoms with Crippen LogP contribution in [0.15, 0.2) is 42.5 Å². The van der Waals surface area contributed by atoms with Crippen LogP contribution in [0.25, 0.3) is 0 Å². The van der Waals surface area contributed by atoms with E-state index < -0.39 is 0 Å². The summed E-state index contributed by atoms with van der Waals surface area (Å²) in [4.78, 5) is 26.1. The van der Waals surface area contributed by atoms with Gasteiger partial charge in [0, 0.05) is 30.6 Å². The predicted octanol–water partition coefficient (Wildman–Crippen LogP) is 3.14. The van der Waals surface area contributed by atoms with Crippen LogP contribution in [0.4, 0.5) is 0 Å². The highest BCUT2D eigenvalue weighted by atomic mass is 16.5. The van der Waals surface area contributed by atoms with Gasteiger partial charge in [-0.2, -0.15) is 0 Å². The van der Waals surface area contributed by atoms with Crippen molar-refractivity contribution in [3.05, 3.63) is 59.2 Å². The van der Waals surface area contributed by atoms with Gasteiger partial charge in [-0.3, -0.25) is 9.59 Å². The van der Waals surface area contributed by atoms with Gasteiger partial charge in [-0.1, -0.05) is 12.1 Å². The molecule has 0 atom stereocenters. The molecule has 2 aromatic rings. The van der Waals surface area contributed by atoms with Gasteiger partial charge < -0.3 is 19.7 Å². The molecule has 28 heavy (non-hydrogen) atoms. The van der Waals surface area contributed by atoms with Gasteiger partial charge in [-0.15, -0.1) is 0 Å². The number of amides is 2. The Bertz CT molecular complexity index is 844. The summed E-state index contributed by atoms with van der Waals surface area (Å²) >= 11 is 0. The maximum absolute atomic E-state index is 13.1. The Kier molecular flexibility index (Phi) is 6.19. The zero-order chi connectivity index (χ0) is 20.1. The smallest absolute Gasteiger partial charge is 0.254 e. The van der Waals surface area contributed by atoms with Crippen LogP contribution in [0.1, 0.15) is 41.3 Å². The monoisotopic (exact) mass is 382 g/mol. The van der Waals surface area contributed by atoms with Gasteiger partial charge in [0.1, 0.15) is 11.5 Å². The van der Waals surface area contributed by atoms with E-state index in [0.29, 0.717) is 18.7 Å². The summed E-state index contributed by atoms with van der Waals surface area (Å²) < 4.78 is 10.8. The highest BCUT2D eigenvalue weighted by Gasteiger charge is 2.33. The summed E-state index contributed by atoms with van der Waals surface area (Å²) in [6.45, 7) is 2.41. The van der Waals surface area contributed by atoms with E-state index in [-0.39, 0.29) is 17.9 Å². The molecule has 0 heterocycles. The van der Waals surface area contributed by atoms with Crippen LogP contribution in [-0.4, -0.2) is 37.0 Å². The molecule has 0 aromatic heterocycles. The van der Waals surface area contributed by atoms with Crippen LogP contribution in [-0.2, 0) is 17.9 Å². The summed E-state index contributed by atoms with van der Waals surface area (Å²) in [5.74, 6) is 1.40. The van der Waals surface area contributed by atoms with Crippen molar-refractivity contribution in [1.82, 2.24) is 10.2 Å². The second-order valence-corrected chi connectivity index (χ2v) is 6.95. The maximum Gasteiger partial charge on any atom is 0.254 e. The summed E-state index contributed by atoms with van der Waals surface area (Å²) in [5.41, 5.74) is 2.52. The fourth-order valence-corrected chi connectivity index (χ4v) is 3.10. The van der Waals surface area contributed by atoms with Gasteiger partial charge in [0.25, 0.3) is 5.91 Å². The third kappa shape index (κ3) is 4.82. The molecule has 0 unspecified atom stereocenters. The summed E-state index contributed by atoms with van der Waals surface area (Å²) in [6.07, 6.45) is 2.03. The highest BCUT2D eigenvalue weighted by molar-refractivity contribution is 5.94. The first-order valence-electron chi connectivity index (χ1n) is 9.37. The number of ether oxygens (including phenoxy) is 2. The Balaban J connectivity index is 1.77. The minimum Gasteiger partial charge on any atom is -0.497 e. The van der Waals surface area contributed by atoms with E-state index in [9.17, 15) is 9.59 Å². The number of benzene rings is 2. The third-order valence-corrected chi connectivity index (χ3v) is 4.82. The van der Waals surface area contributed by atoms with Crippen molar-refractivity contribution in [3.8, 4) is 11.5 Å². The van der Waals surface area contributed by atoms with Crippen molar-refractivity contribution in [2.45, 2.75) is 38.9 Å². The van der Waals surface area contributed by atoms with Crippen molar-refractivity contribution in [2.24, 2.45) is 0 Å². The largest absolute Gasteiger partial charge is 0.497 e. The SMILES string of the molecule is COc1ccc(OC)c(CN(C(=O)c2ccc(CNC(C)=O)cc2)C2CC2)c1. The first-order chi connectivity index (χ1) is 13.5. The fourth-order valence-electron chi connectivity index (χ4n) is 3.10. The van der Waals surface area contributed by atoms with E-state index in [0.717, 1.165) is 35.5 Å². The Morgan fingerprint density at radius 3 is 2.36 bits per heavy atom. The molecule has 6 nitrogen and oxygen atoms in total. The van der Waals surface area contributed by atoms with E-state index in [1.807, 2.05) is 47.4 Å². The lowest BCUT2D eigenvalue weighted by Crippen LogP contribution is -2.32. The van der Waals surface area contributed by atoms with Crippen molar-refractivity contribution in [1.29, 1.82) is 0 Å². The van der Waals surface area contributed by atoms with Crippen LogP contribution in [0.5, 0.6) is 11.5 Å². The lowest BCUT2D eigenvalue weighted by molar-refractivity contribution is -0.119. The van der Waals surface area contributed by atoms with E-state index >= 15 is 0 Å². The van der Waals surface area contributed by atoms with E-state index in [1.165, 1.54) is 6.92 Å². The van der Waals surface area contributed by atoms with Crippen molar-refractivity contribution in [2.75, 3.05) is 14.2 Å². The molecular weight excluding hydrogens is 356 g/mol. The molecule has 1 aliphatic rings. The Morgan fingerprint density at radius 1 is 1.07 bits per heavy atom. The van der Waals surface area contributed by atoms with Crippen LogP contribution < -0.4 is 14.8 Å². The molecule has 1 fully saturated rings. The summed E-state index contributed by atoms with van der Waals surface area (Å²) in [5, 5.41) is 2.76. The second kappa shape index (κ2) is 8.78. The predicted molar refractivity (Wildman–Crippen MR) is 106 cm³/mol. The third-order valence-electron chi connectivity index (χ3n) is 4.82. The average molecular weight is 382 g/mol. The number of nitrogens with zero attached hydrogens (tertiary/aromatic N) is 1. The van der Waals surface area contributed by atoms with Crippen molar-refractivity contribution >= 4 is 11.8 Å². The number of nitrogens with one attached hydrogen (secondary N) is 1. The number of rotatable bonds is 8. The van der Waals surface area contributed by atoms with Crippen molar-refractivity contribution in [3.63, 3.8) is 0 Å². The summed E-state index contributed by atoms with van der Waals surface area (Å²) in [6, 6.07) is 13.3. The van der Waals surface area contributed by atoms with Gasteiger partial charge in [-0.05, 0) is 48.7 Å². The Morgan fingerprint density at radius 2 is 1.79 bits per heavy atom. The van der Waals surface area contributed by atoms with Crippen LogP contribution >= 0.6 is 0 Å². The van der Waals surface area contributed by atoms with Gasteiger partial charge in [0.15, 0.2) is 0 Å². The van der Waals surface area contributed by atoms with Crippen molar-refractivity contribution < 1.29 is 19.1 Å². The van der Waals surface area contributed by atoms with Gasteiger partial charge >= 0.3 is 0 Å². The minimum atomic E-state index is -0.0766. The standard InChI is InChI=1S/C22H26N2O4/c1-15(25)23-13-16-4-6-17(7-5-16)22(26)24(19-8-9-19)14-18-12-20(27-2)10-11-21(18)28-3/h4-7,10-12,19H,8-9,13-14H2,1-3H3,(H,23,25). The van der Waals surface area contributed by atoms with E-state index in [1.54, 1.807) is 14.2 Å². The van der Waals surface area contributed by atoms with E-state index in [2.05, 4.69) is 5.32 Å². The fraction of sp³-hybridized carbons (Fsp3) is 0.364. The zero-order valence-electron chi connectivity index (χ0n) is 16.5. The molecule has 1 N–H and O–H groups in total. The Hall–Kier alpha value is -3.02. The average Bonchev–Trinajstić information content (AvgIpc) is 3.55. The van der Waals surface area contributed by atoms with Gasteiger partial charge in [-0.25, -0.2) is 0 Å². The van der Waals surface area contributed by atoms with Gasteiger partial charge in [0.2, 0.25) is 5.91 Å². The zero-order valence-corrected chi connectivity index (χ0v) is 16.5. The Labute approximate surface area is 165 Å². The minimum absolute atomic E-state index is 0.00144. The van der Waals surface area contributed by atoms with Crippen LogP contribution in [0.2, 0.25) is 0 Å². The molecule has 1 saturated carbocycles. The number of methoxy groups -OCH3 is 2. The van der Waals surface area contributed by atoms with Crippen LogP contribution in [0.3, 0.4) is 0 Å². The topological polar surface area (TPSA) is 67.9 Å². The molecule has 6 heteroatoms. The molecule has 148 valence electrons. The normalized spacial score (nSPS) is 13.0. The molecule has 2 amide bonds. The molecule has 1 aliphatic carbocycles. The molecule has 0 bridgehead atoms. The lowest BCUT2D eigenvalue weighted by Gasteiger charge is -2.24. The molecule has 0 spiro atoms. The van der Waals surface area contributed by atoms with Gasteiger partial charge in [0.05, 0.1) is 20.8 Å². The van der Waals surface area contributed by atoms with Crippen LogP contribution in [0, 0.1) is 0 Å². The van der Waals surface area contributed by atoms with E-state index in [4.69, 9.17) is 9.47 Å². The molecule has 3 rings (SSSR count). The number of hydrogen-bond donors (Lipinski definition) is 1. The maximum atomic E-state index is 13.1. The number of carbonyl (C=O) groups excluding carboxylic acids is 2. The summed E-state index contributed by atoms with van der Waals surface area (Å²) in [7, 11) is 3.25. The number of carbonyl (C=O) groups is 2. The second-order valence-electron chi connectivity index (χ2n) is 6.95. The lowest BCUT2D eigenvalue weighted by atomic mass is 10.1. The molecular formula is C22H26N2O4. The molecule has 0 aliphatic heterocycles. The first kappa shape index (κ1) is 19.7.